The molecule has 1 aromatic heterocycles. The van der Waals surface area contributed by atoms with Crippen molar-refractivity contribution < 1.29 is 4.79 Å². The molecule has 0 radical (unpaired) electrons. The van der Waals surface area contributed by atoms with Crippen molar-refractivity contribution in [2.45, 2.75) is 19.4 Å². The maximum atomic E-state index is 11.8. The molecule has 1 aliphatic heterocycles. The molecule has 0 aliphatic carbocycles. The van der Waals surface area contributed by atoms with E-state index in [1.165, 1.54) is 0 Å². The van der Waals surface area contributed by atoms with E-state index in [1.807, 2.05) is 41.8 Å². The van der Waals surface area contributed by atoms with E-state index in [1.54, 1.807) is 23.3 Å². The molecule has 1 amide bonds. The quantitative estimate of drug-likeness (QED) is 0.822. The topological polar surface area (TPSA) is 32.7 Å². The van der Waals surface area contributed by atoms with Gasteiger partial charge in [-0.15, -0.1) is 11.3 Å². The van der Waals surface area contributed by atoms with Crippen LogP contribution in [0.25, 0.3) is 0 Å². The maximum Gasteiger partial charge on any atom is 0.240 e. The lowest BCUT2D eigenvalue weighted by Crippen LogP contribution is -2.23. The number of hydrazone groups is 1. The number of carbonyl (C=O) groups is 1. The average Bonchev–Trinajstić information content (AvgIpc) is 3.08. The van der Waals surface area contributed by atoms with Gasteiger partial charge < -0.3 is 0 Å². The van der Waals surface area contributed by atoms with Crippen LogP contribution in [0, 0.1) is 0 Å². The van der Waals surface area contributed by atoms with Crippen molar-refractivity contribution in [2.75, 3.05) is 0 Å². The first-order valence-corrected chi connectivity index (χ1v) is 7.57. The fourth-order valence-electron chi connectivity index (χ4n) is 2.32. The zero-order valence-corrected chi connectivity index (χ0v) is 12.5. The molecule has 0 spiro atoms. The second-order valence-electron chi connectivity index (χ2n) is 4.65. The lowest BCUT2D eigenvalue weighted by Gasteiger charge is -2.18. The summed E-state index contributed by atoms with van der Waals surface area (Å²) in [7, 11) is 0. The van der Waals surface area contributed by atoms with Crippen molar-refractivity contribution in [3.8, 4) is 0 Å². The molecule has 0 saturated carbocycles. The smallest absolute Gasteiger partial charge is 0.240 e. The fourth-order valence-corrected chi connectivity index (χ4v) is 3.26. The van der Waals surface area contributed by atoms with Crippen molar-refractivity contribution in [1.82, 2.24) is 5.01 Å². The van der Waals surface area contributed by atoms with Gasteiger partial charge in [0, 0.05) is 23.2 Å². The summed E-state index contributed by atoms with van der Waals surface area (Å²) in [6.07, 6.45) is 0.738. The van der Waals surface area contributed by atoms with Crippen LogP contribution >= 0.6 is 22.9 Å². The van der Waals surface area contributed by atoms with Gasteiger partial charge in [0.2, 0.25) is 5.91 Å². The SMILES string of the molecule is CC(=O)N1N=C(c2ccc(Cl)cc2)C[C@H]1c1cccs1. The number of thiophene rings is 1. The highest BCUT2D eigenvalue weighted by Gasteiger charge is 2.31. The van der Waals surface area contributed by atoms with Crippen LogP contribution in [0.1, 0.15) is 29.8 Å². The van der Waals surface area contributed by atoms with Crippen LogP contribution in [-0.4, -0.2) is 16.6 Å². The number of amides is 1. The van der Waals surface area contributed by atoms with Gasteiger partial charge in [-0.2, -0.15) is 5.10 Å². The highest BCUT2D eigenvalue weighted by molar-refractivity contribution is 7.10. The van der Waals surface area contributed by atoms with Crippen molar-refractivity contribution in [2.24, 2.45) is 5.10 Å². The third kappa shape index (κ3) is 2.49. The van der Waals surface area contributed by atoms with Gasteiger partial charge in [-0.1, -0.05) is 29.8 Å². The first-order chi connectivity index (χ1) is 9.65. The first-order valence-electron chi connectivity index (χ1n) is 6.32. The lowest BCUT2D eigenvalue weighted by molar-refractivity contribution is -0.130. The van der Waals surface area contributed by atoms with Crippen molar-refractivity contribution in [3.05, 3.63) is 57.2 Å². The summed E-state index contributed by atoms with van der Waals surface area (Å²) in [4.78, 5) is 12.9. The van der Waals surface area contributed by atoms with Gasteiger partial charge in [0.15, 0.2) is 0 Å². The summed E-state index contributed by atoms with van der Waals surface area (Å²) < 4.78 is 0. The minimum atomic E-state index is -0.0348. The van der Waals surface area contributed by atoms with Crippen molar-refractivity contribution >= 4 is 34.6 Å². The number of hydrogen-bond acceptors (Lipinski definition) is 3. The van der Waals surface area contributed by atoms with Crippen LogP contribution < -0.4 is 0 Å². The second-order valence-corrected chi connectivity index (χ2v) is 6.07. The van der Waals surface area contributed by atoms with Crippen LogP contribution in [0.3, 0.4) is 0 Å². The van der Waals surface area contributed by atoms with E-state index in [4.69, 9.17) is 11.6 Å². The second kappa shape index (κ2) is 5.38. The van der Waals surface area contributed by atoms with Gasteiger partial charge in [-0.3, -0.25) is 4.79 Å². The van der Waals surface area contributed by atoms with Gasteiger partial charge in [0.05, 0.1) is 11.8 Å². The summed E-state index contributed by atoms with van der Waals surface area (Å²) in [5, 5.41) is 8.79. The summed E-state index contributed by atoms with van der Waals surface area (Å²) in [6, 6.07) is 11.6. The van der Waals surface area contributed by atoms with Crippen LogP contribution in [0.4, 0.5) is 0 Å². The minimum Gasteiger partial charge on any atom is -0.273 e. The monoisotopic (exact) mass is 304 g/mol. The summed E-state index contributed by atoms with van der Waals surface area (Å²) in [5.41, 5.74) is 1.94. The Morgan fingerprint density at radius 1 is 1.35 bits per heavy atom. The number of rotatable bonds is 2. The van der Waals surface area contributed by atoms with Crippen LogP contribution in [0.15, 0.2) is 46.9 Å². The molecule has 3 nitrogen and oxygen atoms in total. The zero-order chi connectivity index (χ0) is 14.1. The average molecular weight is 305 g/mol. The lowest BCUT2D eigenvalue weighted by atomic mass is 10.0. The van der Waals surface area contributed by atoms with Gasteiger partial charge in [0.1, 0.15) is 0 Å². The number of halogens is 1. The van der Waals surface area contributed by atoms with Gasteiger partial charge in [0.25, 0.3) is 0 Å². The molecule has 3 rings (SSSR count). The Kier molecular flexibility index (Phi) is 3.59. The Morgan fingerprint density at radius 2 is 2.10 bits per heavy atom. The summed E-state index contributed by atoms with van der Waals surface area (Å²) in [5.74, 6) is -0.0348. The summed E-state index contributed by atoms with van der Waals surface area (Å²) >= 11 is 7.56. The molecule has 1 atom stereocenters. The molecule has 2 heterocycles. The van der Waals surface area contributed by atoms with E-state index < -0.39 is 0 Å². The normalized spacial score (nSPS) is 18.2. The molecule has 0 fully saturated rings. The van der Waals surface area contributed by atoms with Gasteiger partial charge in [-0.05, 0) is 29.1 Å². The first kappa shape index (κ1) is 13.3. The van der Waals surface area contributed by atoms with E-state index in [0.717, 1.165) is 22.6 Å². The maximum absolute atomic E-state index is 11.8. The van der Waals surface area contributed by atoms with Crippen molar-refractivity contribution in [3.63, 3.8) is 0 Å². The minimum absolute atomic E-state index is 0.0122. The van der Waals surface area contributed by atoms with E-state index in [0.29, 0.717) is 5.02 Å². The number of hydrogen-bond donors (Lipinski definition) is 0. The highest BCUT2D eigenvalue weighted by atomic mass is 35.5. The Hall–Kier alpha value is -1.65. The molecule has 0 unspecified atom stereocenters. The molecule has 0 bridgehead atoms. The highest BCUT2D eigenvalue weighted by Crippen LogP contribution is 2.35. The molecule has 20 heavy (non-hydrogen) atoms. The van der Waals surface area contributed by atoms with Crippen LogP contribution in [0.2, 0.25) is 5.02 Å². The summed E-state index contributed by atoms with van der Waals surface area (Å²) in [6.45, 7) is 1.55. The van der Waals surface area contributed by atoms with Gasteiger partial charge >= 0.3 is 0 Å². The van der Waals surface area contributed by atoms with Crippen LogP contribution in [-0.2, 0) is 4.79 Å². The number of nitrogens with zero attached hydrogens (tertiary/aromatic N) is 2. The van der Waals surface area contributed by atoms with Crippen LogP contribution in [0.5, 0.6) is 0 Å². The predicted molar refractivity (Wildman–Crippen MR) is 82.2 cm³/mol. The number of carbonyl (C=O) groups excluding carboxylic acids is 1. The molecule has 0 N–H and O–H groups in total. The van der Waals surface area contributed by atoms with E-state index in [-0.39, 0.29) is 11.9 Å². The fraction of sp³-hybridized carbons (Fsp3) is 0.200. The molecular weight excluding hydrogens is 292 g/mol. The van der Waals surface area contributed by atoms with E-state index in [2.05, 4.69) is 5.10 Å². The van der Waals surface area contributed by atoms with Crippen molar-refractivity contribution in [1.29, 1.82) is 0 Å². The molecule has 1 aromatic carbocycles. The Labute approximate surface area is 126 Å². The Morgan fingerprint density at radius 3 is 2.70 bits per heavy atom. The Balaban J connectivity index is 1.92. The Bertz CT molecular complexity index is 649. The molecule has 0 saturated heterocycles. The molecular formula is C15H13ClN2OS. The largest absolute Gasteiger partial charge is 0.273 e. The molecule has 2 aromatic rings. The van der Waals surface area contributed by atoms with Gasteiger partial charge in [-0.25, -0.2) is 5.01 Å². The molecule has 1 aliphatic rings. The molecule has 102 valence electrons. The number of benzene rings is 1. The molecule has 5 heteroatoms. The third-order valence-corrected chi connectivity index (χ3v) is 4.51. The predicted octanol–water partition coefficient (Wildman–Crippen LogP) is 4.10. The zero-order valence-electron chi connectivity index (χ0n) is 10.9. The third-order valence-electron chi connectivity index (χ3n) is 3.28. The van der Waals surface area contributed by atoms with E-state index >= 15 is 0 Å². The van der Waals surface area contributed by atoms with E-state index in [9.17, 15) is 4.79 Å². The standard InChI is InChI=1S/C15H13ClN2OS/c1-10(19)18-14(15-3-2-8-20-15)9-13(17-18)11-4-6-12(16)7-5-11/h2-8,14H,9H2,1H3/t14-/m0/s1.